The number of nitrogens with two attached hydrogens (primary N) is 1. The van der Waals surface area contributed by atoms with E-state index in [0.29, 0.717) is 5.91 Å². The van der Waals surface area contributed by atoms with E-state index in [1.165, 1.54) is 6.42 Å². The molecule has 2 heterocycles. The van der Waals surface area contributed by atoms with Gasteiger partial charge in [-0.25, -0.2) is 0 Å². The van der Waals surface area contributed by atoms with Crippen LogP contribution in [-0.4, -0.2) is 40.9 Å². The number of thioether (sulfide) groups is 1. The zero-order valence-electron chi connectivity index (χ0n) is 8.45. The van der Waals surface area contributed by atoms with E-state index in [1.807, 2.05) is 16.7 Å². The molecule has 3 nitrogen and oxygen atoms in total. The SMILES string of the molecule is N[C@@H]1CCCN(C(=O)C2CCCS2)C1. The van der Waals surface area contributed by atoms with Gasteiger partial charge in [0.15, 0.2) is 0 Å². The van der Waals surface area contributed by atoms with Gasteiger partial charge in [-0.3, -0.25) is 4.79 Å². The third kappa shape index (κ3) is 2.23. The highest BCUT2D eigenvalue weighted by Gasteiger charge is 2.29. The molecule has 0 radical (unpaired) electrons. The molecule has 2 aliphatic heterocycles. The van der Waals surface area contributed by atoms with Crippen LogP contribution in [0.4, 0.5) is 0 Å². The maximum atomic E-state index is 12.0. The first-order chi connectivity index (χ1) is 6.77. The number of carbonyl (C=O) groups excluding carboxylic acids is 1. The number of likely N-dealkylation sites (tertiary alicyclic amines) is 1. The van der Waals surface area contributed by atoms with Gasteiger partial charge in [-0.1, -0.05) is 0 Å². The van der Waals surface area contributed by atoms with Crippen molar-refractivity contribution in [2.75, 3.05) is 18.8 Å². The van der Waals surface area contributed by atoms with Crippen LogP contribution in [0.3, 0.4) is 0 Å². The van der Waals surface area contributed by atoms with Gasteiger partial charge in [0.25, 0.3) is 0 Å². The molecular weight excluding hydrogens is 196 g/mol. The van der Waals surface area contributed by atoms with E-state index in [4.69, 9.17) is 5.73 Å². The van der Waals surface area contributed by atoms with Crippen LogP contribution < -0.4 is 5.73 Å². The quantitative estimate of drug-likeness (QED) is 0.703. The van der Waals surface area contributed by atoms with Crippen molar-refractivity contribution in [3.05, 3.63) is 0 Å². The number of carbonyl (C=O) groups is 1. The van der Waals surface area contributed by atoms with Crippen LogP contribution in [0, 0.1) is 0 Å². The van der Waals surface area contributed by atoms with Crippen molar-refractivity contribution in [2.24, 2.45) is 5.73 Å². The monoisotopic (exact) mass is 214 g/mol. The topological polar surface area (TPSA) is 46.3 Å². The zero-order chi connectivity index (χ0) is 9.97. The Labute approximate surface area is 89.4 Å². The van der Waals surface area contributed by atoms with Gasteiger partial charge in [0.1, 0.15) is 0 Å². The van der Waals surface area contributed by atoms with Crippen molar-refractivity contribution in [1.82, 2.24) is 4.90 Å². The molecule has 0 aromatic heterocycles. The Kier molecular flexibility index (Phi) is 3.34. The Morgan fingerprint density at radius 1 is 1.36 bits per heavy atom. The molecule has 2 saturated heterocycles. The van der Waals surface area contributed by atoms with Crippen molar-refractivity contribution in [3.8, 4) is 0 Å². The molecule has 0 spiro atoms. The molecule has 2 fully saturated rings. The van der Waals surface area contributed by atoms with Gasteiger partial charge in [0, 0.05) is 19.1 Å². The Morgan fingerprint density at radius 3 is 2.86 bits per heavy atom. The summed E-state index contributed by atoms with van der Waals surface area (Å²) in [4.78, 5) is 14.0. The number of nitrogens with zero attached hydrogens (tertiary/aromatic N) is 1. The maximum absolute atomic E-state index is 12.0. The lowest BCUT2D eigenvalue weighted by molar-refractivity contribution is -0.131. The molecule has 2 aliphatic rings. The van der Waals surface area contributed by atoms with Crippen LogP contribution >= 0.6 is 11.8 Å². The highest BCUT2D eigenvalue weighted by atomic mass is 32.2. The standard InChI is InChI=1S/C10H18N2OS/c11-8-3-1-5-12(7-8)10(13)9-4-2-6-14-9/h8-9H,1-7,11H2/t8-,9?/m1/s1. The number of hydrogen-bond donors (Lipinski definition) is 1. The van der Waals surface area contributed by atoms with Crippen molar-refractivity contribution < 1.29 is 4.79 Å². The average molecular weight is 214 g/mol. The van der Waals surface area contributed by atoms with E-state index in [2.05, 4.69) is 0 Å². The molecular formula is C10H18N2OS. The molecule has 0 saturated carbocycles. The first kappa shape index (κ1) is 10.3. The zero-order valence-corrected chi connectivity index (χ0v) is 9.26. The second kappa shape index (κ2) is 4.53. The van der Waals surface area contributed by atoms with E-state index in [0.717, 1.165) is 38.1 Å². The summed E-state index contributed by atoms with van der Waals surface area (Å²) in [5, 5.41) is 0.236. The van der Waals surface area contributed by atoms with E-state index in [-0.39, 0.29) is 11.3 Å². The number of piperidine rings is 1. The molecule has 80 valence electrons. The van der Waals surface area contributed by atoms with Gasteiger partial charge < -0.3 is 10.6 Å². The molecule has 2 rings (SSSR count). The van der Waals surface area contributed by atoms with E-state index in [1.54, 1.807) is 0 Å². The molecule has 2 N–H and O–H groups in total. The van der Waals surface area contributed by atoms with E-state index >= 15 is 0 Å². The summed E-state index contributed by atoms with van der Waals surface area (Å²) in [5.41, 5.74) is 5.86. The van der Waals surface area contributed by atoms with E-state index < -0.39 is 0 Å². The summed E-state index contributed by atoms with van der Waals surface area (Å²) in [6.07, 6.45) is 4.40. The highest BCUT2D eigenvalue weighted by molar-refractivity contribution is 8.00. The molecule has 0 aromatic rings. The smallest absolute Gasteiger partial charge is 0.235 e. The first-order valence-electron chi connectivity index (χ1n) is 5.43. The van der Waals surface area contributed by atoms with Crippen molar-refractivity contribution in [1.29, 1.82) is 0 Å². The van der Waals surface area contributed by atoms with Crippen molar-refractivity contribution in [3.63, 3.8) is 0 Å². The number of rotatable bonds is 1. The third-order valence-electron chi connectivity index (χ3n) is 2.97. The largest absolute Gasteiger partial charge is 0.340 e. The van der Waals surface area contributed by atoms with E-state index in [9.17, 15) is 4.79 Å². The average Bonchev–Trinajstić information content (AvgIpc) is 2.69. The first-order valence-corrected chi connectivity index (χ1v) is 6.48. The van der Waals surface area contributed by atoms with Crippen LogP contribution in [0.15, 0.2) is 0 Å². The number of amides is 1. The molecule has 1 amide bonds. The normalized spacial score (nSPS) is 33.4. The van der Waals surface area contributed by atoms with Crippen LogP contribution in [0.25, 0.3) is 0 Å². The second-order valence-corrected chi connectivity index (χ2v) is 5.50. The minimum absolute atomic E-state index is 0.208. The molecule has 14 heavy (non-hydrogen) atoms. The van der Waals surface area contributed by atoms with Crippen LogP contribution in [0.5, 0.6) is 0 Å². The summed E-state index contributed by atoms with van der Waals surface area (Å²) in [7, 11) is 0. The molecule has 0 bridgehead atoms. The summed E-state index contributed by atoms with van der Waals surface area (Å²) >= 11 is 1.81. The number of hydrogen-bond acceptors (Lipinski definition) is 3. The minimum Gasteiger partial charge on any atom is -0.340 e. The second-order valence-electron chi connectivity index (χ2n) is 4.19. The van der Waals surface area contributed by atoms with Gasteiger partial charge in [-0.05, 0) is 31.4 Å². The summed E-state index contributed by atoms with van der Waals surface area (Å²) in [6, 6.07) is 0.208. The fourth-order valence-electron chi connectivity index (χ4n) is 2.19. The predicted molar refractivity (Wildman–Crippen MR) is 59.3 cm³/mol. The summed E-state index contributed by atoms with van der Waals surface area (Å²) in [6.45, 7) is 1.69. The highest BCUT2D eigenvalue weighted by Crippen LogP contribution is 2.28. The molecule has 4 heteroatoms. The van der Waals surface area contributed by atoms with Crippen LogP contribution in [0.1, 0.15) is 25.7 Å². The molecule has 0 aliphatic carbocycles. The van der Waals surface area contributed by atoms with Gasteiger partial charge >= 0.3 is 0 Å². The van der Waals surface area contributed by atoms with Gasteiger partial charge in [-0.2, -0.15) is 0 Å². The molecule has 1 unspecified atom stereocenters. The van der Waals surface area contributed by atoms with Crippen molar-refractivity contribution >= 4 is 17.7 Å². The van der Waals surface area contributed by atoms with Gasteiger partial charge in [0.2, 0.25) is 5.91 Å². The lowest BCUT2D eigenvalue weighted by atomic mass is 10.1. The predicted octanol–water partition coefficient (Wildman–Crippen LogP) is 0.832. The van der Waals surface area contributed by atoms with Gasteiger partial charge in [-0.15, -0.1) is 11.8 Å². The minimum atomic E-state index is 0.208. The lowest BCUT2D eigenvalue weighted by Gasteiger charge is -2.32. The van der Waals surface area contributed by atoms with Crippen LogP contribution in [0.2, 0.25) is 0 Å². The van der Waals surface area contributed by atoms with Gasteiger partial charge in [0.05, 0.1) is 5.25 Å². The summed E-state index contributed by atoms with van der Waals surface area (Å²) in [5.74, 6) is 1.48. The fraction of sp³-hybridized carbons (Fsp3) is 0.900. The van der Waals surface area contributed by atoms with Crippen LogP contribution in [-0.2, 0) is 4.79 Å². The third-order valence-corrected chi connectivity index (χ3v) is 4.34. The lowest BCUT2D eigenvalue weighted by Crippen LogP contribution is -2.48. The Hall–Kier alpha value is -0.220. The Balaban J connectivity index is 1.89. The fourth-order valence-corrected chi connectivity index (χ4v) is 3.43. The Bertz CT molecular complexity index is 216. The maximum Gasteiger partial charge on any atom is 0.235 e. The van der Waals surface area contributed by atoms with Crippen molar-refractivity contribution in [2.45, 2.75) is 37.0 Å². The molecule has 2 atom stereocenters. The Morgan fingerprint density at radius 2 is 2.21 bits per heavy atom. The molecule has 0 aromatic carbocycles. The summed E-state index contributed by atoms with van der Waals surface area (Å²) < 4.78 is 0.